The summed E-state index contributed by atoms with van der Waals surface area (Å²) in [4.78, 5) is 5.71. The van der Waals surface area contributed by atoms with Gasteiger partial charge in [0, 0.05) is 11.1 Å². The van der Waals surface area contributed by atoms with E-state index in [1.807, 2.05) is 17.5 Å². The Kier molecular flexibility index (Phi) is 3.27. The van der Waals surface area contributed by atoms with Gasteiger partial charge in [0.05, 0.1) is 5.01 Å². The molecule has 0 aromatic carbocycles. The molecular weight excluding hydrogens is 166 g/mol. The first-order valence-electron chi connectivity index (χ1n) is 4.57. The van der Waals surface area contributed by atoms with Crippen molar-refractivity contribution in [3.63, 3.8) is 0 Å². The van der Waals surface area contributed by atoms with Crippen LogP contribution >= 0.6 is 11.3 Å². The van der Waals surface area contributed by atoms with Crippen LogP contribution in [0.5, 0.6) is 0 Å². The Morgan fingerprint density at radius 1 is 1.50 bits per heavy atom. The fourth-order valence-electron chi connectivity index (χ4n) is 1.22. The molecule has 0 amide bonds. The topological polar surface area (TPSA) is 12.9 Å². The molecule has 12 heavy (non-hydrogen) atoms. The number of hydrogen-bond acceptors (Lipinski definition) is 2. The number of nitrogens with zero attached hydrogens (tertiary/aromatic N) is 1. The molecule has 0 bridgehead atoms. The van der Waals surface area contributed by atoms with Crippen LogP contribution in [-0.4, -0.2) is 4.98 Å². The lowest BCUT2D eigenvalue weighted by Gasteiger charge is -2.15. The Bertz CT molecular complexity index is 242. The maximum atomic E-state index is 4.27. The van der Waals surface area contributed by atoms with E-state index in [1.165, 1.54) is 16.3 Å². The van der Waals surface area contributed by atoms with E-state index in [0.29, 0.717) is 5.92 Å². The highest BCUT2D eigenvalue weighted by Crippen LogP contribution is 2.29. The molecule has 1 aromatic heterocycles. The Morgan fingerprint density at radius 3 is 2.58 bits per heavy atom. The van der Waals surface area contributed by atoms with Gasteiger partial charge in [0.2, 0.25) is 0 Å². The van der Waals surface area contributed by atoms with Crippen molar-refractivity contribution in [2.75, 3.05) is 0 Å². The van der Waals surface area contributed by atoms with E-state index in [0.717, 1.165) is 5.92 Å². The molecule has 0 aliphatic rings. The van der Waals surface area contributed by atoms with Gasteiger partial charge in [-0.05, 0) is 18.8 Å². The third-order valence-corrected chi connectivity index (χ3v) is 3.70. The van der Waals surface area contributed by atoms with E-state index in [1.54, 1.807) is 0 Å². The van der Waals surface area contributed by atoms with Crippen molar-refractivity contribution in [1.29, 1.82) is 0 Å². The smallest absolute Gasteiger partial charge is 0.0896 e. The second kappa shape index (κ2) is 4.04. The second-order valence-electron chi connectivity index (χ2n) is 3.46. The van der Waals surface area contributed by atoms with E-state index in [-0.39, 0.29) is 0 Å². The van der Waals surface area contributed by atoms with Crippen molar-refractivity contribution in [3.8, 4) is 0 Å². The van der Waals surface area contributed by atoms with Gasteiger partial charge in [0.1, 0.15) is 0 Å². The van der Waals surface area contributed by atoms with Gasteiger partial charge in [-0.25, -0.2) is 4.98 Å². The summed E-state index contributed by atoms with van der Waals surface area (Å²) in [5, 5.41) is 1.18. The van der Waals surface area contributed by atoms with Crippen LogP contribution in [0.4, 0.5) is 0 Å². The lowest BCUT2D eigenvalue weighted by Crippen LogP contribution is -2.02. The van der Waals surface area contributed by atoms with Gasteiger partial charge < -0.3 is 0 Å². The Hall–Kier alpha value is -0.370. The summed E-state index contributed by atoms with van der Waals surface area (Å²) in [7, 11) is 0. The van der Waals surface area contributed by atoms with Crippen molar-refractivity contribution in [2.24, 2.45) is 5.92 Å². The predicted molar refractivity (Wildman–Crippen MR) is 54.7 cm³/mol. The van der Waals surface area contributed by atoms with Crippen molar-refractivity contribution < 1.29 is 0 Å². The molecule has 2 heteroatoms. The molecule has 2 atom stereocenters. The highest BCUT2D eigenvalue weighted by atomic mass is 32.1. The highest BCUT2D eigenvalue weighted by molar-refractivity contribution is 7.11. The summed E-state index contributed by atoms with van der Waals surface area (Å²) in [6, 6.07) is 0. The minimum Gasteiger partial charge on any atom is -0.250 e. The number of thiazole rings is 1. The first kappa shape index (κ1) is 9.72. The van der Waals surface area contributed by atoms with E-state index >= 15 is 0 Å². The van der Waals surface area contributed by atoms with Crippen molar-refractivity contribution >= 4 is 11.3 Å². The van der Waals surface area contributed by atoms with Crippen LogP contribution < -0.4 is 0 Å². The molecule has 0 fully saturated rings. The van der Waals surface area contributed by atoms with Crippen LogP contribution in [0, 0.1) is 12.8 Å². The van der Waals surface area contributed by atoms with Crippen molar-refractivity contribution in [3.05, 3.63) is 16.1 Å². The molecule has 0 spiro atoms. The lowest BCUT2D eigenvalue weighted by atomic mass is 9.93. The third-order valence-electron chi connectivity index (χ3n) is 2.59. The fraction of sp³-hybridized carbons (Fsp3) is 0.700. The maximum absolute atomic E-state index is 4.27. The van der Waals surface area contributed by atoms with Crippen LogP contribution in [0.3, 0.4) is 0 Å². The molecule has 1 heterocycles. The summed E-state index contributed by atoms with van der Waals surface area (Å²) < 4.78 is 0. The molecule has 2 unspecified atom stereocenters. The normalized spacial score (nSPS) is 16.0. The molecule has 0 N–H and O–H groups in total. The Morgan fingerprint density at radius 2 is 2.17 bits per heavy atom. The van der Waals surface area contributed by atoms with Gasteiger partial charge in [0.25, 0.3) is 0 Å². The SMILES string of the molecule is CCC(C)C(C)c1cnc(C)s1. The summed E-state index contributed by atoms with van der Waals surface area (Å²) in [5.74, 6) is 1.44. The maximum Gasteiger partial charge on any atom is 0.0896 e. The molecule has 68 valence electrons. The first-order valence-corrected chi connectivity index (χ1v) is 5.39. The standard InChI is InChI=1S/C10H17NS/c1-5-7(2)8(3)10-6-11-9(4)12-10/h6-8H,5H2,1-4H3. The number of aromatic nitrogens is 1. The van der Waals surface area contributed by atoms with E-state index in [4.69, 9.17) is 0 Å². The quantitative estimate of drug-likeness (QED) is 0.697. The van der Waals surface area contributed by atoms with Crippen molar-refractivity contribution in [1.82, 2.24) is 4.98 Å². The van der Waals surface area contributed by atoms with E-state index in [9.17, 15) is 0 Å². The molecule has 0 aliphatic heterocycles. The van der Waals surface area contributed by atoms with Crippen LogP contribution in [0.25, 0.3) is 0 Å². The van der Waals surface area contributed by atoms with Gasteiger partial charge in [-0.1, -0.05) is 27.2 Å². The molecule has 1 rings (SSSR count). The molecule has 0 aliphatic carbocycles. The fourth-order valence-corrected chi connectivity index (χ4v) is 2.19. The third kappa shape index (κ3) is 2.07. The van der Waals surface area contributed by atoms with Crippen molar-refractivity contribution in [2.45, 2.75) is 40.0 Å². The minimum absolute atomic E-state index is 0.668. The first-order chi connectivity index (χ1) is 5.65. The zero-order chi connectivity index (χ0) is 9.14. The predicted octanol–water partition coefficient (Wildman–Crippen LogP) is 3.60. The zero-order valence-corrected chi connectivity index (χ0v) is 9.11. The molecule has 1 aromatic rings. The largest absolute Gasteiger partial charge is 0.250 e. The summed E-state index contributed by atoms with van der Waals surface area (Å²) in [6.07, 6.45) is 3.27. The Balaban J connectivity index is 2.70. The highest BCUT2D eigenvalue weighted by Gasteiger charge is 2.14. The zero-order valence-electron chi connectivity index (χ0n) is 8.29. The van der Waals surface area contributed by atoms with Gasteiger partial charge in [0.15, 0.2) is 0 Å². The molecule has 1 nitrogen and oxygen atoms in total. The van der Waals surface area contributed by atoms with E-state index in [2.05, 4.69) is 32.7 Å². The van der Waals surface area contributed by atoms with Crippen LogP contribution in [-0.2, 0) is 0 Å². The monoisotopic (exact) mass is 183 g/mol. The number of hydrogen-bond donors (Lipinski definition) is 0. The van der Waals surface area contributed by atoms with Crippen LogP contribution in [0.1, 0.15) is 43.0 Å². The second-order valence-corrected chi connectivity index (χ2v) is 4.72. The minimum atomic E-state index is 0.668. The van der Waals surface area contributed by atoms with E-state index < -0.39 is 0 Å². The van der Waals surface area contributed by atoms with Gasteiger partial charge in [-0.15, -0.1) is 11.3 Å². The molecule has 0 radical (unpaired) electrons. The van der Waals surface area contributed by atoms with Crippen LogP contribution in [0.2, 0.25) is 0 Å². The summed E-state index contributed by atoms with van der Waals surface area (Å²) in [6.45, 7) is 8.91. The summed E-state index contributed by atoms with van der Waals surface area (Å²) >= 11 is 1.83. The average molecular weight is 183 g/mol. The van der Waals surface area contributed by atoms with Crippen LogP contribution in [0.15, 0.2) is 6.20 Å². The average Bonchev–Trinajstić information content (AvgIpc) is 2.49. The number of rotatable bonds is 3. The lowest BCUT2D eigenvalue weighted by molar-refractivity contribution is 0.478. The van der Waals surface area contributed by atoms with Gasteiger partial charge in [-0.2, -0.15) is 0 Å². The van der Waals surface area contributed by atoms with Gasteiger partial charge >= 0.3 is 0 Å². The molecular formula is C10H17NS. The molecule has 0 saturated carbocycles. The number of aryl methyl sites for hydroxylation is 1. The van der Waals surface area contributed by atoms with Gasteiger partial charge in [-0.3, -0.25) is 0 Å². The molecule has 0 saturated heterocycles. The Labute approximate surface area is 78.8 Å². The summed E-state index contributed by atoms with van der Waals surface area (Å²) in [5.41, 5.74) is 0.